The fraction of sp³-hybridized carbons (Fsp3) is 0.300. The fourth-order valence-electron chi connectivity index (χ4n) is 1.13. The Labute approximate surface area is 88.8 Å². The van der Waals surface area contributed by atoms with E-state index in [0.717, 1.165) is 0 Å². The van der Waals surface area contributed by atoms with Gasteiger partial charge in [-0.05, 0) is 18.2 Å². The summed E-state index contributed by atoms with van der Waals surface area (Å²) in [6.07, 6.45) is 1.64. The van der Waals surface area contributed by atoms with Crippen molar-refractivity contribution in [1.29, 1.82) is 0 Å². The zero-order valence-corrected chi connectivity index (χ0v) is 9.30. The van der Waals surface area contributed by atoms with Crippen molar-refractivity contribution in [1.82, 2.24) is 0 Å². The number of methoxy groups -OCH3 is 1. The normalized spacial score (nSPS) is 11.1. The van der Waals surface area contributed by atoms with Gasteiger partial charge in [0.1, 0.15) is 5.75 Å². The van der Waals surface area contributed by atoms with Crippen LogP contribution in [0.3, 0.4) is 0 Å². The number of rotatable bonds is 4. The van der Waals surface area contributed by atoms with Gasteiger partial charge >= 0.3 is 0 Å². The van der Waals surface area contributed by atoms with Crippen LogP contribution >= 0.6 is 0 Å². The van der Waals surface area contributed by atoms with E-state index in [-0.39, 0.29) is 16.2 Å². The molecule has 4 nitrogen and oxygen atoms in total. The monoisotopic (exact) mass is 227 g/mol. The third-order valence-corrected chi connectivity index (χ3v) is 3.75. The first-order valence-electron chi connectivity index (χ1n) is 4.34. The van der Waals surface area contributed by atoms with Crippen LogP contribution in [-0.4, -0.2) is 27.6 Å². The molecule has 0 atom stereocenters. The van der Waals surface area contributed by atoms with E-state index in [1.54, 1.807) is 13.2 Å². The number of sulfone groups is 1. The van der Waals surface area contributed by atoms with E-state index in [1.165, 1.54) is 25.3 Å². The van der Waals surface area contributed by atoms with Gasteiger partial charge in [-0.2, -0.15) is 0 Å². The maximum atomic E-state index is 11.5. The van der Waals surface area contributed by atoms with E-state index >= 15 is 0 Å². The first-order valence-corrected chi connectivity index (χ1v) is 5.99. The quantitative estimate of drug-likeness (QED) is 0.768. The van der Waals surface area contributed by atoms with E-state index in [2.05, 4.69) is 0 Å². The third kappa shape index (κ3) is 2.36. The molecule has 1 aromatic carbocycles. The maximum absolute atomic E-state index is 11.5. The van der Waals surface area contributed by atoms with Crippen molar-refractivity contribution in [3.05, 3.63) is 23.8 Å². The van der Waals surface area contributed by atoms with Crippen molar-refractivity contribution >= 4 is 16.1 Å². The molecule has 1 aromatic rings. The number of carbonyl (C=O) groups excluding carboxylic acids is 1. The van der Waals surface area contributed by atoms with Gasteiger partial charge in [0.05, 0.1) is 23.3 Å². The second-order valence-corrected chi connectivity index (χ2v) is 5.15. The van der Waals surface area contributed by atoms with E-state index in [0.29, 0.717) is 5.75 Å². The minimum Gasteiger partial charge on any atom is -0.496 e. The van der Waals surface area contributed by atoms with Gasteiger partial charge in [-0.25, -0.2) is 8.42 Å². The summed E-state index contributed by atoms with van der Waals surface area (Å²) < 4.78 is 27.9. The molecular weight excluding hydrogens is 216 g/mol. The molecule has 0 spiro atoms. The number of hydrogen-bond donors (Lipinski definition) is 0. The molecule has 0 bridgehead atoms. The topological polar surface area (TPSA) is 60.4 Å². The number of benzene rings is 1. The van der Waals surface area contributed by atoms with Gasteiger partial charge in [0, 0.05) is 0 Å². The average molecular weight is 227 g/mol. The highest BCUT2D eigenvalue weighted by Crippen LogP contribution is 2.21. The van der Waals surface area contributed by atoms with Crippen LogP contribution in [0, 0.1) is 0 Å². The highest BCUT2D eigenvalue weighted by Gasteiger charge is 2.14. The molecule has 0 saturated heterocycles. The van der Waals surface area contributed by atoms with Crippen LogP contribution in [0.25, 0.3) is 0 Å². The molecule has 15 heavy (non-hydrogen) atoms. The summed E-state index contributed by atoms with van der Waals surface area (Å²) in [4.78, 5) is 10.7. The molecular formula is C10H11O4S. The largest absolute Gasteiger partial charge is 0.496 e. The third-order valence-electron chi connectivity index (χ3n) is 2.02. The standard InChI is InChI=1S/C10H11O4S/c1-3-15(12,13)9-4-5-10(14-2)8(6-9)7-11/h4-6H,3H2,1-2H3. The van der Waals surface area contributed by atoms with Crippen molar-refractivity contribution in [3.8, 4) is 5.75 Å². The van der Waals surface area contributed by atoms with Crippen LogP contribution in [-0.2, 0) is 14.6 Å². The highest BCUT2D eigenvalue weighted by molar-refractivity contribution is 7.91. The van der Waals surface area contributed by atoms with Crippen LogP contribution in [0.4, 0.5) is 0 Å². The highest BCUT2D eigenvalue weighted by atomic mass is 32.2. The first-order chi connectivity index (χ1) is 7.05. The van der Waals surface area contributed by atoms with Crippen molar-refractivity contribution < 1.29 is 17.9 Å². The predicted octanol–water partition coefficient (Wildman–Crippen LogP) is 0.947. The minimum absolute atomic E-state index is 0.00236. The van der Waals surface area contributed by atoms with Crippen molar-refractivity contribution in [2.75, 3.05) is 12.9 Å². The zero-order valence-electron chi connectivity index (χ0n) is 8.48. The second kappa shape index (κ2) is 4.44. The molecule has 0 heterocycles. The Hall–Kier alpha value is -1.36. The molecule has 0 fully saturated rings. The van der Waals surface area contributed by atoms with Crippen LogP contribution in [0.15, 0.2) is 23.1 Å². The van der Waals surface area contributed by atoms with Gasteiger partial charge in [0.2, 0.25) is 6.29 Å². The summed E-state index contributed by atoms with van der Waals surface area (Å²) in [5.41, 5.74) is 0.118. The summed E-state index contributed by atoms with van der Waals surface area (Å²) in [5, 5.41) is 0. The fourth-order valence-corrected chi connectivity index (χ4v) is 2.03. The van der Waals surface area contributed by atoms with Gasteiger partial charge in [0.15, 0.2) is 9.84 Å². The molecule has 81 valence electrons. The Bertz CT molecular complexity index is 462. The van der Waals surface area contributed by atoms with Crippen LogP contribution in [0.2, 0.25) is 0 Å². The summed E-state index contributed by atoms with van der Waals surface area (Å²) in [6, 6.07) is 4.13. The summed E-state index contributed by atoms with van der Waals surface area (Å²) >= 11 is 0. The van der Waals surface area contributed by atoms with Gasteiger partial charge in [-0.3, -0.25) is 4.79 Å². The SMILES string of the molecule is CCS(=O)(=O)c1ccc(OC)c([C]=O)c1. The Kier molecular flexibility index (Phi) is 3.47. The number of ether oxygens (including phenoxy) is 1. The van der Waals surface area contributed by atoms with E-state index in [4.69, 9.17) is 4.74 Å². The van der Waals surface area contributed by atoms with Gasteiger partial charge in [-0.15, -0.1) is 0 Å². The molecule has 0 aromatic heterocycles. The summed E-state index contributed by atoms with van der Waals surface area (Å²) in [5.74, 6) is 0.317. The first kappa shape index (κ1) is 11.7. The van der Waals surface area contributed by atoms with Crippen LogP contribution in [0.5, 0.6) is 5.75 Å². The van der Waals surface area contributed by atoms with Crippen LogP contribution in [0.1, 0.15) is 12.5 Å². The second-order valence-electron chi connectivity index (χ2n) is 2.87. The molecule has 5 heteroatoms. The predicted molar refractivity (Wildman–Crippen MR) is 55.5 cm³/mol. The lowest BCUT2D eigenvalue weighted by molar-refractivity contribution is 0.412. The molecule has 0 aliphatic carbocycles. The molecule has 1 rings (SSSR count). The Balaban J connectivity index is 3.32. The molecule has 1 radical (unpaired) electrons. The lowest BCUT2D eigenvalue weighted by Crippen LogP contribution is -2.04. The summed E-state index contributed by atoms with van der Waals surface area (Å²) in [7, 11) is -1.88. The molecule has 0 aliphatic heterocycles. The van der Waals surface area contributed by atoms with E-state index in [1.807, 2.05) is 0 Å². The summed E-state index contributed by atoms with van der Waals surface area (Å²) in [6.45, 7) is 1.55. The van der Waals surface area contributed by atoms with Crippen molar-refractivity contribution in [2.24, 2.45) is 0 Å². The van der Waals surface area contributed by atoms with Crippen LogP contribution < -0.4 is 4.74 Å². The van der Waals surface area contributed by atoms with Gasteiger partial charge < -0.3 is 4.74 Å². The number of hydrogen-bond acceptors (Lipinski definition) is 4. The smallest absolute Gasteiger partial charge is 0.237 e. The Morgan fingerprint density at radius 2 is 2.07 bits per heavy atom. The zero-order chi connectivity index (χ0) is 11.5. The molecule has 0 unspecified atom stereocenters. The maximum Gasteiger partial charge on any atom is 0.237 e. The van der Waals surface area contributed by atoms with Crippen molar-refractivity contribution in [2.45, 2.75) is 11.8 Å². The van der Waals surface area contributed by atoms with E-state index < -0.39 is 9.84 Å². The lowest BCUT2D eigenvalue weighted by atomic mass is 10.2. The molecule has 0 saturated carbocycles. The molecule has 0 aliphatic rings. The van der Waals surface area contributed by atoms with Gasteiger partial charge in [0.25, 0.3) is 0 Å². The lowest BCUT2D eigenvalue weighted by Gasteiger charge is -2.05. The Morgan fingerprint density at radius 1 is 1.40 bits per heavy atom. The van der Waals surface area contributed by atoms with Crippen molar-refractivity contribution in [3.63, 3.8) is 0 Å². The van der Waals surface area contributed by atoms with Gasteiger partial charge in [-0.1, -0.05) is 6.92 Å². The van der Waals surface area contributed by atoms with E-state index in [9.17, 15) is 13.2 Å². The Morgan fingerprint density at radius 3 is 2.53 bits per heavy atom. The molecule has 0 N–H and O–H groups in total. The average Bonchev–Trinajstić information content (AvgIpc) is 2.28. The molecule has 0 amide bonds. The minimum atomic E-state index is -3.29.